The fourth-order valence-electron chi connectivity index (χ4n) is 1.52. The smallest absolute Gasteiger partial charge is 0.0795 e. The van der Waals surface area contributed by atoms with E-state index in [0.717, 1.165) is 5.69 Å². The van der Waals surface area contributed by atoms with Gasteiger partial charge in [0.2, 0.25) is 0 Å². The predicted octanol–water partition coefficient (Wildman–Crippen LogP) is 3.62. The van der Waals surface area contributed by atoms with Gasteiger partial charge in [-0.3, -0.25) is 0 Å². The maximum absolute atomic E-state index is 4.31. The van der Waals surface area contributed by atoms with Gasteiger partial charge in [-0.1, -0.05) is 6.07 Å². The van der Waals surface area contributed by atoms with Crippen molar-refractivity contribution in [2.45, 2.75) is 25.9 Å². The molecule has 0 saturated carbocycles. The van der Waals surface area contributed by atoms with Crippen LogP contribution >= 0.6 is 22.7 Å². The summed E-state index contributed by atoms with van der Waals surface area (Å²) in [7, 11) is 0. The monoisotopic (exact) mass is 238 g/mol. The first-order chi connectivity index (χ1) is 7.27. The molecule has 0 amide bonds. The maximum Gasteiger partial charge on any atom is 0.0795 e. The Bertz CT molecular complexity index is 342. The third-order valence-corrected chi connectivity index (χ3v) is 4.02. The molecule has 4 heteroatoms. The van der Waals surface area contributed by atoms with E-state index in [1.165, 1.54) is 4.88 Å². The molecule has 0 fully saturated rings. The van der Waals surface area contributed by atoms with Crippen molar-refractivity contribution in [3.63, 3.8) is 0 Å². The van der Waals surface area contributed by atoms with Gasteiger partial charge < -0.3 is 5.32 Å². The number of hydrogen-bond acceptors (Lipinski definition) is 4. The van der Waals surface area contributed by atoms with Crippen LogP contribution in [-0.4, -0.2) is 4.98 Å². The van der Waals surface area contributed by atoms with Gasteiger partial charge in [-0.2, -0.15) is 0 Å². The summed E-state index contributed by atoms with van der Waals surface area (Å²) in [5.74, 6) is 0. The predicted molar refractivity (Wildman–Crippen MR) is 66.4 cm³/mol. The van der Waals surface area contributed by atoms with Gasteiger partial charge in [-0.15, -0.1) is 22.7 Å². The Hall–Kier alpha value is -0.710. The van der Waals surface area contributed by atoms with Crippen LogP contribution in [0.1, 0.15) is 36.5 Å². The average molecular weight is 238 g/mol. The molecule has 0 bridgehead atoms. The molecule has 2 aromatic rings. The molecule has 2 aromatic heterocycles. The zero-order chi connectivity index (χ0) is 10.7. The van der Waals surface area contributed by atoms with Gasteiger partial charge in [0.15, 0.2) is 0 Å². The van der Waals surface area contributed by atoms with Crippen molar-refractivity contribution in [3.8, 4) is 0 Å². The first-order valence-electron chi connectivity index (χ1n) is 4.95. The van der Waals surface area contributed by atoms with E-state index in [9.17, 15) is 0 Å². The van der Waals surface area contributed by atoms with Crippen LogP contribution in [0.2, 0.25) is 0 Å². The highest BCUT2D eigenvalue weighted by Gasteiger charge is 2.12. The fraction of sp³-hybridized carbons (Fsp3) is 0.364. The molecular formula is C11H14N2S2. The highest BCUT2D eigenvalue weighted by atomic mass is 32.1. The largest absolute Gasteiger partial charge is 0.301 e. The first kappa shape index (κ1) is 10.8. The van der Waals surface area contributed by atoms with Gasteiger partial charge in [0.05, 0.1) is 11.2 Å². The Balaban J connectivity index is 1.98. The quantitative estimate of drug-likeness (QED) is 0.880. The Morgan fingerprint density at radius 2 is 2.20 bits per heavy atom. The topological polar surface area (TPSA) is 24.9 Å². The van der Waals surface area contributed by atoms with E-state index in [0.29, 0.717) is 12.1 Å². The highest BCUT2D eigenvalue weighted by molar-refractivity contribution is 7.10. The van der Waals surface area contributed by atoms with Crippen molar-refractivity contribution < 1.29 is 0 Å². The SMILES string of the molecule is CC(NC(C)c1cccs1)c1cscn1. The summed E-state index contributed by atoms with van der Waals surface area (Å²) in [4.78, 5) is 5.68. The van der Waals surface area contributed by atoms with E-state index in [4.69, 9.17) is 0 Å². The van der Waals surface area contributed by atoms with Crippen LogP contribution in [0, 0.1) is 0 Å². The molecule has 0 aliphatic heterocycles. The van der Waals surface area contributed by atoms with Gasteiger partial charge in [-0.05, 0) is 25.3 Å². The number of thiophene rings is 1. The minimum absolute atomic E-state index is 0.313. The molecule has 0 spiro atoms. The molecule has 2 unspecified atom stereocenters. The number of aromatic nitrogens is 1. The van der Waals surface area contributed by atoms with Gasteiger partial charge in [0.1, 0.15) is 0 Å². The molecule has 80 valence electrons. The minimum Gasteiger partial charge on any atom is -0.301 e. The Morgan fingerprint density at radius 1 is 1.33 bits per heavy atom. The Morgan fingerprint density at radius 3 is 2.80 bits per heavy atom. The Kier molecular flexibility index (Phi) is 3.51. The van der Waals surface area contributed by atoms with Crippen LogP contribution in [0.3, 0.4) is 0 Å². The van der Waals surface area contributed by atoms with Crippen LogP contribution in [-0.2, 0) is 0 Å². The zero-order valence-electron chi connectivity index (χ0n) is 8.81. The molecule has 0 aromatic carbocycles. The number of rotatable bonds is 4. The van der Waals surface area contributed by atoms with Crippen LogP contribution < -0.4 is 5.32 Å². The van der Waals surface area contributed by atoms with Crippen molar-refractivity contribution in [3.05, 3.63) is 39.0 Å². The van der Waals surface area contributed by atoms with Gasteiger partial charge in [-0.25, -0.2) is 4.98 Å². The molecular weight excluding hydrogens is 224 g/mol. The summed E-state index contributed by atoms with van der Waals surface area (Å²) in [6.07, 6.45) is 0. The van der Waals surface area contributed by atoms with Crippen LogP contribution in [0.4, 0.5) is 0 Å². The molecule has 1 N–H and O–H groups in total. The summed E-state index contributed by atoms with van der Waals surface area (Å²) in [5.41, 5.74) is 3.01. The van der Waals surface area contributed by atoms with Crippen LogP contribution in [0.15, 0.2) is 28.4 Å². The molecule has 0 saturated heterocycles. The lowest BCUT2D eigenvalue weighted by Gasteiger charge is -2.17. The van der Waals surface area contributed by atoms with Gasteiger partial charge >= 0.3 is 0 Å². The lowest BCUT2D eigenvalue weighted by Crippen LogP contribution is -2.21. The van der Waals surface area contributed by atoms with E-state index >= 15 is 0 Å². The van der Waals surface area contributed by atoms with Crippen LogP contribution in [0.25, 0.3) is 0 Å². The number of thiazole rings is 1. The molecule has 0 aliphatic carbocycles. The van der Waals surface area contributed by atoms with Gasteiger partial charge in [0.25, 0.3) is 0 Å². The second kappa shape index (κ2) is 4.88. The maximum atomic E-state index is 4.31. The molecule has 2 atom stereocenters. The van der Waals surface area contributed by atoms with Crippen molar-refractivity contribution in [1.82, 2.24) is 10.3 Å². The van der Waals surface area contributed by atoms with Crippen molar-refractivity contribution in [2.24, 2.45) is 0 Å². The lowest BCUT2D eigenvalue weighted by molar-refractivity contribution is 0.493. The summed E-state index contributed by atoms with van der Waals surface area (Å²) < 4.78 is 0. The summed E-state index contributed by atoms with van der Waals surface area (Å²) in [5, 5.41) is 7.75. The molecule has 2 rings (SSSR count). The first-order valence-corrected chi connectivity index (χ1v) is 6.77. The van der Waals surface area contributed by atoms with Crippen molar-refractivity contribution in [2.75, 3.05) is 0 Å². The van der Waals surface area contributed by atoms with Crippen molar-refractivity contribution >= 4 is 22.7 Å². The number of nitrogens with one attached hydrogen (secondary N) is 1. The molecule has 2 heterocycles. The third kappa shape index (κ3) is 2.65. The fourth-order valence-corrected chi connectivity index (χ4v) is 2.91. The second-order valence-corrected chi connectivity index (χ2v) is 5.24. The minimum atomic E-state index is 0.313. The van der Waals surface area contributed by atoms with E-state index < -0.39 is 0 Å². The summed E-state index contributed by atoms with van der Waals surface area (Å²) >= 11 is 3.43. The number of hydrogen-bond donors (Lipinski definition) is 1. The zero-order valence-corrected chi connectivity index (χ0v) is 10.4. The molecule has 15 heavy (non-hydrogen) atoms. The second-order valence-electron chi connectivity index (χ2n) is 3.54. The molecule has 0 aliphatic rings. The van der Waals surface area contributed by atoms with Gasteiger partial charge in [0, 0.05) is 22.3 Å². The van der Waals surface area contributed by atoms with E-state index in [2.05, 4.69) is 47.0 Å². The Labute approximate surface area is 98.0 Å². The highest BCUT2D eigenvalue weighted by Crippen LogP contribution is 2.22. The molecule has 2 nitrogen and oxygen atoms in total. The van der Waals surface area contributed by atoms with Crippen LogP contribution in [0.5, 0.6) is 0 Å². The summed E-state index contributed by atoms with van der Waals surface area (Å²) in [6, 6.07) is 4.96. The van der Waals surface area contributed by atoms with E-state index in [1.54, 1.807) is 22.7 Å². The van der Waals surface area contributed by atoms with E-state index in [1.807, 2.05) is 5.51 Å². The van der Waals surface area contributed by atoms with E-state index in [-0.39, 0.29) is 0 Å². The third-order valence-electron chi connectivity index (χ3n) is 2.37. The number of nitrogens with zero attached hydrogens (tertiary/aromatic N) is 1. The lowest BCUT2D eigenvalue weighted by atomic mass is 10.2. The average Bonchev–Trinajstić information content (AvgIpc) is 2.91. The standard InChI is InChI=1S/C11H14N2S2/c1-8(10-6-14-7-12-10)13-9(2)11-4-3-5-15-11/h3-9,13H,1-2H3. The normalized spacial score (nSPS) is 15.1. The summed E-state index contributed by atoms with van der Waals surface area (Å²) in [6.45, 7) is 4.34. The van der Waals surface area contributed by atoms with Crippen molar-refractivity contribution in [1.29, 1.82) is 0 Å². The molecule has 0 radical (unpaired) electrons.